The Morgan fingerprint density at radius 3 is 2.46 bits per heavy atom. The van der Waals surface area contributed by atoms with Crippen molar-refractivity contribution in [2.45, 2.75) is 12.1 Å². The molecule has 0 aliphatic heterocycles. The van der Waals surface area contributed by atoms with Crippen LogP contribution in [0.25, 0.3) is 16.9 Å². The van der Waals surface area contributed by atoms with Gasteiger partial charge >= 0.3 is 6.18 Å². The van der Waals surface area contributed by atoms with Crippen LogP contribution in [-0.2, 0) is 12.1 Å². The van der Waals surface area contributed by atoms with Gasteiger partial charge in [-0.25, -0.2) is 4.68 Å². The molecule has 0 saturated carbocycles. The van der Waals surface area contributed by atoms with Gasteiger partial charge < -0.3 is 0 Å². The van der Waals surface area contributed by atoms with Crippen LogP contribution in [-0.4, -0.2) is 15.0 Å². The van der Waals surface area contributed by atoms with E-state index in [2.05, 4.69) is 10.3 Å². The number of alkyl halides is 4. The molecule has 3 rings (SSSR count). The van der Waals surface area contributed by atoms with E-state index in [9.17, 15) is 13.2 Å². The zero-order valence-corrected chi connectivity index (χ0v) is 13.6. The van der Waals surface area contributed by atoms with Gasteiger partial charge in [0.25, 0.3) is 0 Å². The third-order valence-electron chi connectivity index (χ3n) is 3.40. The summed E-state index contributed by atoms with van der Waals surface area (Å²) in [5.74, 6) is 0.00995. The van der Waals surface area contributed by atoms with E-state index in [4.69, 9.17) is 23.2 Å². The Morgan fingerprint density at radius 2 is 1.79 bits per heavy atom. The van der Waals surface area contributed by atoms with Crippen molar-refractivity contribution in [3.8, 4) is 16.9 Å². The molecule has 0 aliphatic carbocycles. The summed E-state index contributed by atoms with van der Waals surface area (Å²) in [6.07, 6.45) is -4.52. The minimum absolute atomic E-state index is 0.00995. The number of nitrogens with zero attached hydrogens (tertiary/aromatic N) is 3. The first-order valence-electron chi connectivity index (χ1n) is 6.85. The molecule has 0 bridgehead atoms. The molecular formula is C16H10Cl2F3N3. The van der Waals surface area contributed by atoms with Gasteiger partial charge in [0.1, 0.15) is 5.69 Å². The normalized spacial score (nSPS) is 11.7. The van der Waals surface area contributed by atoms with Crippen molar-refractivity contribution in [2.75, 3.05) is 0 Å². The van der Waals surface area contributed by atoms with Crippen LogP contribution in [0.4, 0.5) is 13.2 Å². The van der Waals surface area contributed by atoms with E-state index in [1.165, 1.54) is 18.2 Å². The summed E-state index contributed by atoms with van der Waals surface area (Å²) in [5, 5.41) is 8.24. The maximum absolute atomic E-state index is 13.3. The Balaban J connectivity index is 2.27. The van der Waals surface area contributed by atoms with Gasteiger partial charge in [0.15, 0.2) is 0 Å². The zero-order chi connectivity index (χ0) is 17.3. The molecule has 0 saturated heterocycles. The first-order valence-corrected chi connectivity index (χ1v) is 7.76. The summed E-state index contributed by atoms with van der Waals surface area (Å²) >= 11 is 11.9. The summed E-state index contributed by atoms with van der Waals surface area (Å²) in [6.45, 7) is 0. The molecular weight excluding hydrogens is 362 g/mol. The van der Waals surface area contributed by atoms with E-state index in [1.54, 1.807) is 24.3 Å². The second-order valence-corrected chi connectivity index (χ2v) is 5.66. The SMILES string of the molecule is FC(F)(F)c1ccccc1-n1nnc(CCl)c1-c1cccc(Cl)c1. The highest BCUT2D eigenvalue weighted by Gasteiger charge is 2.34. The van der Waals surface area contributed by atoms with Gasteiger partial charge in [0.2, 0.25) is 0 Å². The number of aromatic nitrogens is 3. The Morgan fingerprint density at radius 1 is 1.04 bits per heavy atom. The Kier molecular flexibility index (Phi) is 4.51. The van der Waals surface area contributed by atoms with Gasteiger partial charge in [-0.3, -0.25) is 0 Å². The molecule has 2 aromatic carbocycles. The van der Waals surface area contributed by atoms with Crippen LogP contribution >= 0.6 is 23.2 Å². The number of para-hydroxylation sites is 1. The van der Waals surface area contributed by atoms with Crippen LogP contribution in [0.15, 0.2) is 48.5 Å². The predicted octanol–water partition coefficient (Wildman–Crippen LogP) is 5.35. The van der Waals surface area contributed by atoms with Crippen LogP contribution < -0.4 is 0 Å². The lowest BCUT2D eigenvalue weighted by atomic mass is 10.1. The van der Waals surface area contributed by atoms with Gasteiger partial charge in [-0.15, -0.1) is 16.7 Å². The van der Waals surface area contributed by atoms with Crippen molar-refractivity contribution < 1.29 is 13.2 Å². The number of hydrogen-bond donors (Lipinski definition) is 0. The van der Waals surface area contributed by atoms with Gasteiger partial charge in [-0.1, -0.05) is 41.1 Å². The quantitative estimate of drug-likeness (QED) is 0.581. The van der Waals surface area contributed by atoms with Crippen molar-refractivity contribution >= 4 is 23.2 Å². The van der Waals surface area contributed by atoms with Crippen LogP contribution in [0.3, 0.4) is 0 Å². The van der Waals surface area contributed by atoms with Gasteiger partial charge in [-0.05, 0) is 24.3 Å². The monoisotopic (exact) mass is 371 g/mol. The van der Waals surface area contributed by atoms with Gasteiger partial charge in [-0.2, -0.15) is 13.2 Å². The molecule has 3 nitrogen and oxygen atoms in total. The van der Waals surface area contributed by atoms with E-state index in [1.807, 2.05) is 0 Å². The molecule has 0 radical (unpaired) electrons. The highest BCUT2D eigenvalue weighted by atomic mass is 35.5. The fraction of sp³-hybridized carbons (Fsp3) is 0.125. The fourth-order valence-corrected chi connectivity index (χ4v) is 2.76. The largest absolute Gasteiger partial charge is 0.418 e. The highest BCUT2D eigenvalue weighted by Crippen LogP contribution is 2.36. The average molecular weight is 372 g/mol. The lowest BCUT2D eigenvalue weighted by Crippen LogP contribution is -2.12. The van der Waals surface area contributed by atoms with E-state index < -0.39 is 11.7 Å². The van der Waals surface area contributed by atoms with Crippen molar-refractivity contribution in [3.05, 3.63) is 64.8 Å². The van der Waals surface area contributed by atoms with E-state index in [-0.39, 0.29) is 11.6 Å². The van der Waals surface area contributed by atoms with Crippen molar-refractivity contribution in [1.29, 1.82) is 0 Å². The molecule has 0 unspecified atom stereocenters. The summed E-state index contributed by atoms with van der Waals surface area (Å²) in [6, 6.07) is 11.9. The molecule has 0 amide bonds. The van der Waals surface area contributed by atoms with Crippen LogP contribution in [0.1, 0.15) is 11.3 Å². The molecule has 8 heteroatoms. The third-order valence-corrected chi connectivity index (χ3v) is 3.89. The van der Waals surface area contributed by atoms with Crippen molar-refractivity contribution in [3.63, 3.8) is 0 Å². The standard InChI is InChI=1S/C16H10Cl2F3N3/c17-9-13-15(10-4-3-5-11(18)8-10)24(23-22-13)14-7-2-1-6-12(14)16(19,20)21/h1-8H,9H2. The highest BCUT2D eigenvalue weighted by molar-refractivity contribution is 6.30. The molecule has 3 aromatic rings. The Bertz CT molecular complexity index is 875. The molecule has 0 aliphatic rings. The van der Waals surface area contributed by atoms with E-state index >= 15 is 0 Å². The van der Waals surface area contributed by atoms with Gasteiger partial charge in [0.05, 0.1) is 22.8 Å². The van der Waals surface area contributed by atoms with Crippen LogP contribution in [0.5, 0.6) is 0 Å². The number of benzene rings is 2. The average Bonchev–Trinajstić information content (AvgIpc) is 2.98. The molecule has 0 fully saturated rings. The third kappa shape index (κ3) is 3.12. The lowest BCUT2D eigenvalue weighted by molar-refractivity contribution is -0.137. The maximum atomic E-state index is 13.3. The smallest absolute Gasteiger partial charge is 0.212 e. The summed E-state index contributed by atoms with van der Waals surface area (Å²) in [5.41, 5.74) is 0.406. The zero-order valence-electron chi connectivity index (χ0n) is 12.1. The van der Waals surface area contributed by atoms with Crippen LogP contribution in [0.2, 0.25) is 5.02 Å². The molecule has 1 heterocycles. The number of rotatable bonds is 3. The second kappa shape index (κ2) is 6.45. The molecule has 0 N–H and O–H groups in total. The second-order valence-electron chi connectivity index (χ2n) is 4.96. The summed E-state index contributed by atoms with van der Waals surface area (Å²) < 4.78 is 41.1. The summed E-state index contributed by atoms with van der Waals surface area (Å²) in [4.78, 5) is 0. The Hall–Kier alpha value is -2.05. The topological polar surface area (TPSA) is 30.7 Å². The first-order chi connectivity index (χ1) is 11.4. The minimum atomic E-state index is -4.52. The molecule has 0 atom stereocenters. The van der Waals surface area contributed by atoms with E-state index in [0.717, 1.165) is 10.7 Å². The summed E-state index contributed by atoms with van der Waals surface area (Å²) in [7, 11) is 0. The number of hydrogen-bond acceptors (Lipinski definition) is 2. The predicted molar refractivity (Wildman–Crippen MR) is 86.4 cm³/mol. The van der Waals surface area contributed by atoms with Gasteiger partial charge in [0, 0.05) is 10.6 Å². The van der Waals surface area contributed by atoms with Crippen molar-refractivity contribution in [2.24, 2.45) is 0 Å². The number of halogens is 5. The first kappa shape index (κ1) is 16.8. The minimum Gasteiger partial charge on any atom is -0.212 e. The van der Waals surface area contributed by atoms with E-state index in [0.29, 0.717) is 22.0 Å². The lowest BCUT2D eigenvalue weighted by Gasteiger charge is -2.14. The van der Waals surface area contributed by atoms with Crippen LogP contribution in [0, 0.1) is 0 Å². The molecule has 24 heavy (non-hydrogen) atoms. The molecule has 0 spiro atoms. The van der Waals surface area contributed by atoms with Crippen molar-refractivity contribution in [1.82, 2.24) is 15.0 Å². The molecule has 1 aromatic heterocycles. The fourth-order valence-electron chi connectivity index (χ4n) is 2.39. The maximum Gasteiger partial charge on any atom is 0.418 e. The molecule has 124 valence electrons. The Labute approximate surface area is 145 Å².